The lowest BCUT2D eigenvalue weighted by Gasteiger charge is -2.20. The van der Waals surface area contributed by atoms with E-state index in [2.05, 4.69) is 12.2 Å². The Morgan fingerprint density at radius 3 is 2.41 bits per heavy atom. The zero-order valence-electron chi connectivity index (χ0n) is 9.51. The number of halogens is 3. The summed E-state index contributed by atoms with van der Waals surface area (Å²) in [5, 5.41) is 1.80. The lowest BCUT2D eigenvalue weighted by Crippen LogP contribution is -2.43. The zero-order valence-corrected chi connectivity index (χ0v) is 10.3. The van der Waals surface area contributed by atoms with Gasteiger partial charge in [-0.05, 0) is 13.0 Å². The van der Waals surface area contributed by atoms with E-state index in [4.69, 9.17) is 5.73 Å². The fraction of sp³-hybridized carbons (Fsp3) is 0.778. The van der Waals surface area contributed by atoms with Crippen LogP contribution in [0, 0.1) is 0 Å². The van der Waals surface area contributed by atoms with Crippen molar-refractivity contribution in [3.05, 3.63) is 0 Å². The number of rotatable bonds is 7. The largest absolute Gasteiger partial charge is 0.405 e. The second-order valence-corrected chi connectivity index (χ2v) is 4.09. The van der Waals surface area contributed by atoms with Gasteiger partial charge in [-0.25, -0.2) is 0 Å². The first-order valence-electron chi connectivity index (χ1n) is 5.08. The maximum atomic E-state index is 11.8. The Bertz CT molecular complexity index is 271. The smallest absolute Gasteiger partial charge is 0.392 e. The van der Waals surface area contributed by atoms with Crippen LogP contribution in [0.5, 0.6) is 0 Å². The number of carbonyl (C=O) groups excluding carboxylic acids is 1. The normalized spacial score (nSPS) is 11.6. The number of thiocarbonyl (C=S) groups is 1. The summed E-state index contributed by atoms with van der Waals surface area (Å²) in [4.78, 5) is 13.0. The Hall–Kier alpha value is -0.890. The quantitative estimate of drug-likeness (QED) is 0.668. The van der Waals surface area contributed by atoms with Gasteiger partial charge in [0, 0.05) is 6.54 Å². The van der Waals surface area contributed by atoms with Crippen molar-refractivity contribution >= 4 is 23.1 Å². The van der Waals surface area contributed by atoms with Crippen LogP contribution in [0.1, 0.15) is 13.3 Å². The molecule has 8 heteroatoms. The first-order chi connectivity index (χ1) is 7.74. The van der Waals surface area contributed by atoms with Crippen LogP contribution >= 0.6 is 12.2 Å². The molecule has 3 N–H and O–H groups in total. The highest BCUT2D eigenvalue weighted by molar-refractivity contribution is 7.80. The summed E-state index contributed by atoms with van der Waals surface area (Å²) >= 11 is 4.69. The number of alkyl halides is 3. The zero-order chi connectivity index (χ0) is 13.5. The molecule has 0 aromatic carbocycles. The molecule has 0 saturated carbocycles. The minimum atomic E-state index is -4.39. The van der Waals surface area contributed by atoms with Crippen molar-refractivity contribution in [3.8, 4) is 0 Å². The number of nitrogens with one attached hydrogen (secondary N) is 1. The second-order valence-electron chi connectivity index (χ2n) is 3.57. The minimum Gasteiger partial charge on any atom is -0.392 e. The molecule has 0 heterocycles. The summed E-state index contributed by atoms with van der Waals surface area (Å²) in [6, 6.07) is 0. The van der Waals surface area contributed by atoms with Crippen LogP contribution in [0.4, 0.5) is 13.2 Å². The van der Waals surface area contributed by atoms with Gasteiger partial charge < -0.3 is 11.1 Å². The molecular formula is C9H16F3N3OS. The summed E-state index contributed by atoms with van der Waals surface area (Å²) in [6.07, 6.45) is -3.64. The predicted octanol–water partition coefficient (Wildman–Crippen LogP) is 0.663. The van der Waals surface area contributed by atoms with E-state index >= 15 is 0 Å². The number of nitrogens with zero attached hydrogens (tertiary/aromatic N) is 1. The van der Waals surface area contributed by atoms with Gasteiger partial charge in [0.25, 0.3) is 0 Å². The molecule has 17 heavy (non-hydrogen) atoms. The Balaban J connectivity index is 4.07. The van der Waals surface area contributed by atoms with Crippen LogP contribution < -0.4 is 11.1 Å². The number of amides is 1. The van der Waals surface area contributed by atoms with Gasteiger partial charge in [0.05, 0.1) is 11.5 Å². The fourth-order valence-corrected chi connectivity index (χ4v) is 1.39. The molecule has 0 aliphatic carbocycles. The van der Waals surface area contributed by atoms with Gasteiger partial charge in [0.1, 0.15) is 6.54 Å². The SMILES string of the molecule is CCCN(CC(=O)NCC(F)(F)F)CC(N)=S. The van der Waals surface area contributed by atoms with Gasteiger partial charge >= 0.3 is 6.18 Å². The molecule has 100 valence electrons. The molecule has 0 aromatic heterocycles. The molecule has 0 aliphatic rings. The van der Waals surface area contributed by atoms with Crippen molar-refractivity contribution in [2.75, 3.05) is 26.2 Å². The van der Waals surface area contributed by atoms with Crippen LogP contribution in [-0.4, -0.2) is 48.2 Å². The molecule has 0 unspecified atom stereocenters. The molecular weight excluding hydrogens is 255 g/mol. The Kier molecular flexibility index (Phi) is 7.05. The molecule has 0 atom stereocenters. The third-order valence-corrected chi connectivity index (χ3v) is 1.90. The summed E-state index contributed by atoms with van der Waals surface area (Å²) in [5.41, 5.74) is 5.32. The van der Waals surface area contributed by atoms with Crippen molar-refractivity contribution in [2.45, 2.75) is 19.5 Å². The van der Waals surface area contributed by atoms with E-state index in [-0.39, 0.29) is 18.1 Å². The average Bonchev–Trinajstić information content (AvgIpc) is 2.13. The maximum absolute atomic E-state index is 11.8. The molecule has 1 amide bonds. The highest BCUT2D eigenvalue weighted by Crippen LogP contribution is 2.11. The van der Waals surface area contributed by atoms with Gasteiger partial charge in [0.15, 0.2) is 0 Å². The molecule has 0 saturated heterocycles. The van der Waals surface area contributed by atoms with Gasteiger partial charge in [-0.1, -0.05) is 19.1 Å². The van der Waals surface area contributed by atoms with E-state index in [0.717, 1.165) is 6.42 Å². The number of hydrogen-bond acceptors (Lipinski definition) is 3. The topological polar surface area (TPSA) is 58.4 Å². The van der Waals surface area contributed by atoms with Crippen molar-refractivity contribution in [2.24, 2.45) is 5.73 Å². The van der Waals surface area contributed by atoms with Crippen LogP contribution in [0.15, 0.2) is 0 Å². The number of carbonyl (C=O) groups is 1. The van der Waals surface area contributed by atoms with Crippen LogP contribution in [0.2, 0.25) is 0 Å². The number of hydrogen-bond donors (Lipinski definition) is 2. The summed E-state index contributed by atoms with van der Waals surface area (Å²) in [6.45, 7) is 1.21. The minimum absolute atomic E-state index is 0.138. The molecule has 0 aromatic rings. The standard InChI is InChI=1S/C9H16F3N3OS/c1-2-3-15(4-7(13)17)5-8(16)14-6-9(10,11)12/h2-6H2,1H3,(H2,13,17)(H,14,16). The predicted molar refractivity (Wildman–Crippen MR) is 62.6 cm³/mol. The third kappa shape index (κ3) is 10.0. The first-order valence-corrected chi connectivity index (χ1v) is 5.49. The van der Waals surface area contributed by atoms with Gasteiger partial charge in [0.2, 0.25) is 5.91 Å². The average molecular weight is 271 g/mol. The van der Waals surface area contributed by atoms with E-state index in [1.54, 1.807) is 10.2 Å². The molecule has 0 radical (unpaired) electrons. The molecule has 0 fully saturated rings. The molecule has 4 nitrogen and oxygen atoms in total. The Morgan fingerprint density at radius 2 is 2.00 bits per heavy atom. The van der Waals surface area contributed by atoms with Gasteiger partial charge in [-0.15, -0.1) is 0 Å². The van der Waals surface area contributed by atoms with Crippen LogP contribution in [0.3, 0.4) is 0 Å². The number of nitrogens with two attached hydrogens (primary N) is 1. The summed E-state index contributed by atoms with van der Waals surface area (Å²) in [7, 11) is 0. The lowest BCUT2D eigenvalue weighted by molar-refractivity contribution is -0.138. The molecule has 0 spiro atoms. The van der Waals surface area contributed by atoms with Crippen molar-refractivity contribution in [1.82, 2.24) is 10.2 Å². The summed E-state index contributed by atoms with van der Waals surface area (Å²) in [5.74, 6) is -0.688. The van der Waals surface area contributed by atoms with Crippen LogP contribution in [0.25, 0.3) is 0 Å². The lowest BCUT2D eigenvalue weighted by atomic mass is 10.3. The van der Waals surface area contributed by atoms with E-state index in [0.29, 0.717) is 6.54 Å². The van der Waals surface area contributed by atoms with E-state index in [1.165, 1.54) is 0 Å². The van der Waals surface area contributed by atoms with Gasteiger partial charge in [-0.2, -0.15) is 13.2 Å². The maximum Gasteiger partial charge on any atom is 0.405 e. The molecule has 0 bridgehead atoms. The van der Waals surface area contributed by atoms with Crippen LogP contribution in [-0.2, 0) is 4.79 Å². The highest BCUT2D eigenvalue weighted by Gasteiger charge is 2.27. The second kappa shape index (κ2) is 7.44. The first kappa shape index (κ1) is 16.1. The molecule has 0 aliphatic heterocycles. The van der Waals surface area contributed by atoms with Gasteiger partial charge in [-0.3, -0.25) is 9.69 Å². The van der Waals surface area contributed by atoms with Crippen molar-refractivity contribution < 1.29 is 18.0 Å². The van der Waals surface area contributed by atoms with E-state index in [1.807, 2.05) is 6.92 Å². The van der Waals surface area contributed by atoms with E-state index < -0.39 is 18.6 Å². The summed E-state index contributed by atoms with van der Waals surface area (Å²) < 4.78 is 35.5. The van der Waals surface area contributed by atoms with E-state index in [9.17, 15) is 18.0 Å². The van der Waals surface area contributed by atoms with Crippen molar-refractivity contribution in [1.29, 1.82) is 0 Å². The molecule has 0 rings (SSSR count). The Labute approximate surface area is 103 Å². The fourth-order valence-electron chi connectivity index (χ4n) is 1.21. The Morgan fingerprint density at radius 1 is 1.41 bits per heavy atom. The monoisotopic (exact) mass is 271 g/mol. The third-order valence-electron chi connectivity index (χ3n) is 1.77. The van der Waals surface area contributed by atoms with Crippen molar-refractivity contribution in [3.63, 3.8) is 0 Å². The highest BCUT2D eigenvalue weighted by atomic mass is 32.1.